The predicted molar refractivity (Wildman–Crippen MR) is 77.1 cm³/mol. The lowest BCUT2D eigenvalue weighted by molar-refractivity contribution is -0.121. The van der Waals surface area contributed by atoms with Crippen LogP contribution in [-0.2, 0) is 14.6 Å². The van der Waals surface area contributed by atoms with Crippen molar-refractivity contribution in [1.82, 2.24) is 5.32 Å². The van der Waals surface area contributed by atoms with Crippen molar-refractivity contribution in [3.05, 3.63) is 0 Å². The third-order valence-corrected chi connectivity index (χ3v) is 6.29. The van der Waals surface area contributed by atoms with Gasteiger partial charge in [0.2, 0.25) is 5.91 Å². The van der Waals surface area contributed by atoms with Crippen LogP contribution in [0.25, 0.3) is 0 Å². The molecule has 1 amide bonds. The number of hydrogen-bond acceptors (Lipinski definition) is 3. The number of hydrogen-bond donors (Lipinski definition) is 1. The van der Waals surface area contributed by atoms with E-state index in [0.29, 0.717) is 18.8 Å². The lowest BCUT2D eigenvalue weighted by Crippen LogP contribution is -2.48. The summed E-state index contributed by atoms with van der Waals surface area (Å²) in [6, 6.07) is 0.0558. The van der Waals surface area contributed by atoms with Crippen molar-refractivity contribution in [2.45, 2.75) is 44.4 Å². The largest absolute Gasteiger partial charge is 0.351 e. The van der Waals surface area contributed by atoms with Crippen LogP contribution in [0.15, 0.2) is 0 Å². The molecule has 4 nitrogen and oxygen atoms in total. The Kier molecular flexibility index (Phi) is 5.69. The van der Waals surface area contributed by atoms with Crippen molar-refractivity contribution >= 4 is 38.3 Å². The number of amides is 1. The maximum atomic E-state index is 12.0. The van der Waals surface area contributed by atoms with E-state index in [4.69, 9.17) is 0 Å². The molecule has 1 saturated heterocycles. The molecule has 1 aliphatic heterocycles. The molecule has 0 spiro atoms. The van der Waals surface area contributed by atoms with Crippen molar-refractivity contribution in [2.75, 3.05) is 10.2 Å². The molecular formula is C11H20INO3S. The Balaban J connectivity index is 2.69. The van der Waals surface area contributed by atoms with Crippen LogP contribution >= 0.6 is 22.6 Å². The average molecular weight is 373 g/mol. The molecule has 0 aromatic rings. The minimum Gasteiger partial charge on any atom is -0.351 e. The number of alkyl halides is 1. The van der Waals surface area contributed by atoms with Crippen LogP contribution in [0.1, 0.15) is 33.1 Å². The first-order valence-corrected chi connectivity index (χ1v) is 9.20. The van der Waals surface area contributed by atoms with Crippen molar-refractivity contribution in [3.8, 4) is 0 Å². The SMILES string of the molecule is CC(C)C(CI)NC(=O)C1CCCCS1(=O)=O. The van der Waals surface area contributed by atoms with Gasteiger partial charge in [0.05, 0.1) is 5.75 Å². The van der Waals surface area contributed by atoms with Crippen molar-refractivity contribution < 1.29 is 13.2 Å². The monoisotopic (exact) mass is 373 g/mol. The standard InChI is InChI=1S/C11H20INO3S/c1-8(2)9(7-12)13-11(14)10-5-3-4-6-17(10,15)16/h8-10H,3-7H2,1-2H3,(H,13,14). The van der Waals surface area contributed by atoms with Crippen molar-refractivity contribution in [1.29, 1.82) is 0 Å². The fraction of sp³-hybridized carbons (Fsp3) is 0.909. The highest BCUT2D eigenvalue weighted by Crippen LogP contribution is 2.20. The molecule has 0 aromatic heterocycles. The average Bonchev–Trinajstić information content (AvgIpc) is 2.24. The fourth-order valence-corrected chi connectivity index (χ4v) is 4.96. The lowest BCUT2D eigenvalue weighted by Gasteiger charge is -2.26. The summed E-state index contributed by atoms with van der Waals surface area (Å²) in [5, 5.41) is 2.05. The van der Waals surface area contributed by atoms with E-state index in [1.165, 1.54) is 0 Å². The van der Waals surface area contributed by atoms with Gasteiger partial charge >= 0.3 is 0 Å². The molecule has 6 heteroatoms. The second kappa shape index (κ2) is 6.36. The Morgan fingerprint density at radius 1 is 1.41 bits per heavy atom. The van der Waals surface area contributed by atoms with Gasteiger partial charge < -0.3 is 5.32 Å². The molecule has 0 radical (unpaired) electrons. The van der Waals surface area contributed by atoms with Crippen LogP contribution in [-0.4, -0.2) is 35.8 Å². The summed E-state index contributed by atoms with van der Waals surface area (Å²) in [6.45, 7) is 4.05. The third-order valence-electron chi connectivity index (χ3n) is 3.17. The summed E-state index contributed by atoms with van der Waals surface area (Å²) in [4.78, 5) is 12.0. The summed E-state index contributed by atoms with van der Waals surface area (Å²) in [7, 11) is -3.22. The quantitative estimate of drug-likeness (QED) is 0.601. The van der Waals surface area contributed by atoms with Gasteiger partial charge in [0.15, 0.2) is 9.84 Å². The van der Waals surface area contributed by atoms with Crippen molar-refractivity contribution in [2.24, 2.45) is 5.92 Å². The molecule has 17 heavy (non-hydrogen) atoms. The molecular weight excluding hydrogens is 353 g/mol. The van der Waals surface area contributed by atoms with Crippen molar-refractivity contribution in [3.63, 3.8) is 0 Å². The maximum Gasteiger partial charge on any atom is 0.238 e. The van der Waals surface area contributed by atoms with Gasteiger partial charge in [-0.1, -0.05) is 42.9 Å². The number of halogens is 1. The second-order valence-electron chi connectivity index (χ2n) is 4.86. The minimum absolute atomic E-state index is 0.0558. The summed E-state index contributed by atoms with van der Waals surface area (Å²) < 4.78 is 24.4. The normalized spacial score (nSPS) is 25.5. The van der Waals surface area contributed by atoms with Gasteiger partial charge in [-0.15, -0.1) is 0 Å². The highest BCUT2D eigenvalue weighted by Gasteiger charge is 2.35. The molecule has 1 rings (SSSR count). The van der Waals surface area contributed by atoms with Crippen LogP contribution in [0, 0.1) is 5.92 Å². The molecule has 100 valence electrons. The van der Waals surface area contributed by atoms with Gasteiger partial charge in [-0.05, 0) is 18.8 Å². The zero-order valence-corrected chi connectivity index (χ0v) is 13.3. The van der Waals surface area contributed by atoms with Gasteiger partial charge in [-0.2, -0.15) is 0 Å². The van der Waals surface area contributed by atoms with Gasteiger partial charge in [0.25, 0.3) is 0 Å². The zero-order chi connectivity index (χ0) is 13.1. The minimum atomic E-state index is -3.22. The number of rotatable bonds is 4. The Hall–Kier alpha value is 0.150. The predicted octanol–water partition coefficient (Wildman–Crippen LogP) is 1.53. The first kappa shape index (κ1) is 15.2. The highest BCUT2D eigenvalue weighted by molar-refractivity contribution is 14.1. The summed E-state index contributed by atoms with van der Waals surface area (Å²) in [5.41, 5.74) is 0. The van der Waals surface area contributed by atoms with E-state index in [9.17, 15) is 13.2 Å². The maximum absolute atomic E-state index is 12.0. The molecule has 2 unspecified atom stereocenters. The first-order chi connectivity index (χ1) is 7.88. The Labute approximate surface area is 117 Å². The van der Waals surface area contributed by atoms with E-state index in [2.05, 4.69) is 27.9 Å². The smallest absolute Gasteiger partial charge is 0.238 e. The highest BCUT2D eigenvalue weighted by atomic mass is 127. The number of carbonyl (C=O) groups excluding carboxylic acids is 1. The van der Waals surface area contributed by atoms with E-state index in [0.717, 1.165) is 10.8 Å². The number of nitrogens with one attached hydrogen (secondary N) is 1. The topological polar surface area (TPSA) is 63.2 Å². The van der Waals surface area contributed by atoms with Gasteiger partial charge in [-0.25, -0.2) is 8.42 Å². The molecule has 0 aromatic carbocycles. The van der Waals surface area contributed by atoms with Crippen LogP contribution in [0.5, 0.6) is 0 Å². The summed E-state index contributed by atoms with van der Waals surface area (Å²) in [5.74, 6) is 0.170. The van der Waals surface area contributed by atoms with Crippen LogP contribution < -0.4 is 5.32 Å². The van der Waals surface area contributed by atoms with Gasteiger partial charge in [-0.3, -0.25) is 4.79 Å². The van der Waals surface area contributed by atoms with E-state index in [-0.39, 0.29) is 17.7 Å². The molecule has 1 heterocycles. The number of sulfone groups is 1. The second-order valence-corrected chi connectivity index (χ2v) is 8.05. The van der Waals surface area contributed by atoms with E-state index in [1.54, 1.807) is 0 Å². The van der Waals surface area contributed by atoms with E-state index in [1.807, 2.05) is 13.8 Å². The molecule has 1 aliphatic rings. The van der Waals surface area contributed by atoms with Gasteiger partial charge in [0, 0.05) is 10.5 Å². The summed E-state index contributed by atoms with van der Waals surface area (Å²) in [6.07, 6.45) is 1.99. The van der Waals surface area contributed by atoms with E-state index >= 15 is 0 Å². The fourth-order valence-electron chi connectivity index (χ4n) is 1.91. The van der Waals surface area contributed by atoms with Crippen LogP contribution in [0.3, 0.4) is 0 Å². The third kappa shape index (κ3) is 4.08. The molecule has 0 aliphatic carbocycles. The molecule has 0 saturated carbocycles. The molecule has 0 bridgehead atoms. The number of carbonyl (C=O) groups is 1. The Bertz CT molecular complexity index is 367. The van der Waals surface area contributed by atoms with Gasteiger partial charge in [0.1, 0.15) is 5.25 Å². The lowest BCUT2D eigenvalue weighted by atomic mass is 10.1. The Morgan fingerprint density at radius 3 is 2.53 bits per heavy atom. The summed E-state index contributed by atoms with van der Waals surface area (Å²) >= 11 is 2.21. The molecule has 2 atom stereocenters. The Morgan fingerprint density at radius 2 is 2.06 bits per heavy atom. The molecule has 1 N–H and O–H groups in total. The first-order valence-electron chi connectivity index (χ1n) is 5.96. The zero-order valence-electron chi connectivity index (χ0n) is 10.3. The van der Waals surface area contributed by atoms with Crippen LogP contribution in [0.4, 0.5) is 0 Å². The molecule has 1 fully saturated rings. The van der Waals surface area contributed by atoms with E-state index < -0.39 is 15.1 Å². The van der Waals surface area contributed by atoms with Crippen LogP contribution in [0.2, 0.25) is 0 Å².